The van der Waals surface area contributed by atoms with E-state index in [4.69, 9.17) is 10.2 Å². The minimum absolute atomic E-state index is 0.0118. The van der Waals surface area contributed by atoms with E-state index in [-0.39, 0.29) is 29.9 Å². The lowest BCUT2D eigenvalue weighted by Crippen LogP contribution is -2.43. The van der Waals surface area contributed by atoms with Crippen molar-refractivity contribution in [2.45, 2.75) is 20.3 Å². The quantitative estimate of drug-likeness (QED) is 0.237. The largest absolute Gasteiger partial charge is 0.508 e. The Hall–Kier alpha value is -3.95. The molecule has 1 heterocycles. The highest BCUT2D eigenvalue weighted by atomic mass is 19.1. The van der Waals surface area contributed by atoms with Crippen LogP contribution in [0.4, 0.5) is 14.5 Å². The molecule has 0 radical (unpaired) electrons. The van der Waals surface area contributed by atoms with Crippen molar-refractivity contribution in [2.75, 3.05) is 18.1 Å². The Morgan fingerprint density at radius 2 is 1.59 bits per heavy atom. The van der Waals surface area contributed by atoms with Gasteiger partial charge in [0.2, 0.25) is 5.91 Å². The molecule has 180 valence electrons. The summed E-state index contributed by atoms with van der Waals surface area (Å²) in [5, 5.41) is 17.6. The zero-order valence-electron chi connectivity index (χ0n) is 19.5. The number of benzene rings is 2. The SMILES string of the molecule is C#C.C/C=C(\CO)c1ccc(F)cc1.C=C/C=C(O)\C=C/C.O=C1CCN1c1ccc(F)cc1. The van der Waals surface area contributed by atoms with Gasteiger partial charge in [-0.3, -0.25) is 4.79 Å². The third-order valence-electron chi connectivity index (χ3n) is 4.35. The van der Waals surface area contributed by atoms with Gasteiger partial charge in [0.25, 0.3) is 0 Å². The maximum Gasteiger partial charge on any atom is 0.228 e. The first-order valence-electron chi connectivity index (χ1n) is 10.4. The van der Waals surface area contributed by atoms with E-state index in [1.807, 2.05) is 19.9 Å². The zero-order chi connectivity index (χ0) is 25.9. The van der Waals surface area contributed by atoms with Crippen molar-refractivity contribution in [3.63, 3.8) is 0 Å². The molecule has 6 heteroatoms. The van der Waals surface area contributed by atoms with E-state index in [9.17, 15) is 13.6 Å². The predicted molar refractivity (Wildman–Crippen MR) is 136 cm³/mol. The van der Waals surface area contributed by atoms with Gasteiger partial charge in [-0.25, -0.2) is 8.78 Å². The number of rotatable bonds is 5. The molecule has 1 fully saturated rings. The molecular weight excluding hydrogens is 436 g/mol. The molecule has 1 saturated heterocycles. The number of hydrogen-bond acceptors (Lipinski definition) is 3. The number of carbonyl (C=O) groups is 1. The van der Waals surface area contributed by atoms with Crippen molar-refractivity contribution in [2.24, 2.45) is 0 Å². The number of halogens is 2. The van der Waals surface area contributed by atoms with Crippen LogP contribution in [0.5, 0.6) is 0 Å². The number of β-lactam (4-membered cyclic amide) rings is 1. The number of amides is 1. The van der Waals surface area contributed by atoms with Crippen LogP contribution in [0, 0.1) is 24.5 Å². The first-order valence-corrected chi connectivity index (χ1v) is 10.4. The second-order valence-electron chi connectivity index (χ2n) is 6.58. The maximum absolute atomic E-state index is 12.5. The Bertz CT molecular complexity index is 989. The van der Waals surface area contributed by atoms with E-state index in [1.165, 1.54) is 36.4 Å². The zero-order valence-corrected chi connectivity index (χ0v) is 19.5. The van der Waals surface area contributed by atoms with Gasteiger partial charge < -0.3 is 15.1 Å². The van der Waals surface area contributed by atoms with Gasteiger partial charge in [0.1, 0.15) is 17.4 Å². The van der Waals surface area contributed by atoms with Crippen LogP contribution in [-0.4, -0.2) is 29.3 Å². The van der Waals surface area contributed by atoms with E-state index < -0.39 is 0 Å². The van der Waals surface area contributed by atoms with Crippen molar-refractivity contribution in [1.29, 1.82) is 0 Å². The first-order chi connectivity index (χ1) is 16.4. The van der Waals surface area contributed by atoms with Crippen molar-refractivity contribution < 1.29 is 23.8 Å². The van der Waals surface area contributed by atoms with E-state index in [1.54, 1.807) is 41.3 Å². The summed E-state index contributed by atoms with van der Waals surface area (Å²) in [4.78, 5) is 12.6. The maximum atomic E-state index is 12.5. The summed E-state index contributed by atoms with van der Waals surface area (Å²) in [6, 6.07) is 12.0. The average Bonchev–Trinajstić information content (AvgIpc) is 2.84. The monoisotopic (exact) mass is 467 g/mol. The lowest BCUT2D eigenvalue weighted by Gasteiger charge is -2.30. The normalized spacial score (nSPS) is 12.8. The molecule has 2 aromatic carbocycles. The molecule has 1 amide bonds. The Morgan fingerprint density at radius 1 is 1.06 bits per heavy atom. The third-order valence-corrected chi connectivity index (χ3v) is 4.35. The number of anilines is 1. The Labute approximate surface area is 200 Å². The summed E-state index contributed by atoms with van der Waals surface area (Å²) in [7, 11) is 0. The van der Waals surface area contributed by atoms with Crippen LogP contribution in [0.3, 0.4) is 0 Å². The van der Waals surface area contributed by atoms with Crippen LogP contribution in [-0.2, 0) is 4.79 Å². The number of aliphatic hydroxyl groups is 2. The van der Waals surface area contributed by atoms with Crippen LogP contribution >= 0.6 is 0 Å². The fraction of sp³-hybridized carbons (Fsp3) is 0.179. The molecule has 2 aromatic rings. The van der Waals surface area contributed by atoms with Crippen LogP contribution in [0.2, 0.25) is 0 Å². The van der Waals surface area contributed by atoms with Crippen molar-refractivity contribution in [3.8, 4) is 12.8 Å². The number of carbonyl (C=O) groups excluding carboxylic acids is 1. The molecule has 0 aliphatic carbocycles. The lowest BCUT2D eigenvalue weighted by molar-refractivity contribution is -0.122. The van der Waals surface area contributed by atoms with Gasteiger partial charge in [-0.15, -0.1) is 12.8 Å². The van der Waals surface area contributed by atoms with Gasteiger partial charge in [0, 0.05) is 18.7 Å². The number of terminal acetylenes is 1. The van der Waals surface area contributed by atoms with E-state index in [0.717, 1.165) is 23.4 Å². The van der Waals surface area contributed by atoms with Crippen LogP contribution in [0.1, 0.15) is 25.8 Å². The summed E-state index contributed by atoms with van der Waals surface area (Å²) < 4.78 is 24.9. The van der Waals surface area contributed by atoms with Gasteiger partial charge in [-0.1, -0.05) is 36.9 Å². The second kappa shape index (κ2) is 17.6. The highest BCUT2D eigenvalue weighted by Gasteiger charge is 2.24. The van der Waals surface area contributed by atoms with E-state index >= 15 is 0 Å². The molecule has 0 atom stereocenters. The van der Waals surface area contributed by atoms with Gasteiger partial charge in [-0.2, -0.15) is 0 Å². The van der Waals surface area contributed by atoms with Crippen LogP contribution in [0.15, 0.2) is 91.2 Å². The number of allylic oxidation sites excluding steroid dienone is 5. The Morgan fingerprint density at radius 3 is 1.94 bits per heavy atom. The van der Waals surface area contributed by atoms with Crippen molar-refractivity contribution in [3.05, 3.63) is 108 Å². The molecule has 3 rings (SSSR count). The van der Waals surface area contributed by atoms with Crippen LogP contribution < -0.4 is 4.90 Å². The lowest BCUT2D eigenvalue weighted by atomic mass is 10.1. The summed E-state index contributed by atoms with van der Waals surface area (Å²) in [6.07, 6.45) is 16.8. The molecule has 0 saturated carbocycles. The van der Waals surface area contributed by atoms with Gasteiger partial charge in [-0.05, 0) is 73.5 Å². The predicted octanol–water partition coefficient (Wildman–Crippen LogP) is 6.22. The van der Waals surface area contributed by atoms with Crippen molar-refractivity contribution in [1.82, 2.24) is 0 Å². The van der Waals surface area contributed by atoms with E-state index in [2.05, 4.69) is 19.4 Å². The minimum atomic E-state index is -0.272. The first kappa shape index (κ1) is 30.0. The highest BCUT2D eigenvalue weighted by molar-refractivity contribution is 5.99. The summed E-state index contributed by atoms with van der Waals surface area (Å²) in [5.41, 5.74) is 2.46. The van der Waals surface area contributed by atoms with Gasteiger partial charge in [0.15, 0.2) is 0 Å². The van der Waals surface area contributed by atoms with Gasteiger partial charge in [0.05, 0.1) is 6.61 Å². The smallest absolute Gasteiger partial charge is 0.228 e. The summed E-state index contributed by atoms with van der Waals surface area (Å²) in [6.45, 7) is 7.84. The fourth-order valence-corrected chi connectivity index (χ4v) is 2.57. The molecule has 4 nitrogen and oxygen atoms in total. The molecule has 34 heavy (non-hydrogen) atoms. The van der Waals surface area contributed by atoms with Gasteiger partial charge >= 0.3 is 0 Å². The average molecular weight is 468 g/mol. The molecular formula is C28H31F2NO3. The minimum Gasteiger partial charge on any atom is -0.508 e. The Balaban J connectivity index is 0.000000474. The highest BCUT2D eigenvalue weighted by Crippen LogP contribution is 2.21. The summed E-state index contributed by atoms with van der Waals surface area (Å²) in [5.74, 6) is -0.178. The number of nitrogens with zero attached hydrogens (tertiary/aromatic N) is 1. The second-order valence-corrected chi connectivity index (χ2v) is 6.58. The molecule has 0 bridgehead atoms. The number of aliphatic hydroxyl groups excluding tert-OH is 2. The third kappa shape index (κ3) is 11.1. The molecule has 2 N–H and O–H groups in total. The van der Waals surface area contributed by atoms with Crippen molar-refractivity contribution >= 4 is 17.2 Å². The van der Waals surface area contributed by atoms with E-state index in [0.29, 0.717) is 6.42 Å². The topological polar surface area (TPSA) is 60.8 Å². The molecule has 0 aromatic heterocycles. The number of hydrogen-bond donors (Lipinski definition) is 2. The molecule has 1 aliphatic heterocycles. The molecule has 0 spiro atoms. The summed E-state index contributed by atoms with van der Waals surface area (Å²) >= 11 is 0. The molecule has 1 aliphatic rings. The van der Waals surface area contributed by atoms with Crippen LogP contribution in [0.25, 0.3) is 5.57 Å². The molecule has 0 unspecified atom stereocenters. The standard InChI is InChI=1S/C10H11FO.C9H8FNO.C7H10O.C2H2/c1-2-8(7-12)9-3-5-10(11)6-4-9;10-7-1-3-8(4-2-7)11-6-5-9(11)12;1-3-5-7(8)6-4-2;1-2/h2-6,12H,7H2,1H3;1-4H,5-6H2;3-6,8H,1H2,2H3;1-2H/b8-2+;;6-4-,7-5+;. The fourth-order valence-electron chi connectivity index (χ4n) is 2.57. The Kier molecular flexibility index (Phi) is 15.5.